The first-order valence-electron chi connectivity index (χ1n) is 6.34. The van der Waals surface area contributed by atoms with Crippen LogP contribution < -0.4 is 10.9 Å². The van der Waals surface area contributed by atoms with E-state index in [0.29, 0.717) is 12.1 Å². The largest absolute Gasteiger partial charge is 0.378 e. The van der Waals surface area contributed by atoms with Gasteiger partial charge in [0.05, 0.1) is 6.10 Å². The Bertz CT molecular complexity index is 450. The Labute approximate surface area is 106 Å². The standard InChI is InChI=1S/C13H18N2O3/c16-12-9-10(4-6-14-12)13(17)15-7-5-11-3-1-2-8-18-11/h4,6,9,11H,1-3,5,7-8H2,(H,14,16)(H,15,17). The number of aromatic amines is 1. The average Bonchev–Trinajstić information content (AvgIpc) is 2.40. The van der Waals surface area contributed by atoms with E-state index in [9.17, 15) is 9.59 Å². The summed E-state index contributed by atoms with van der Waals surface area (Å²) in [4.78, 5) is 25.3. The lowest BCUT2D eigenvalue weighted by atomic mass is 10.1. The Morgan fingerprint density at radius 2 is 2.39 bits per heavy atom. The summed E-state index contributed by atoms with van der Waals surface area (Å²) in [6.45, 7) is 1.41. The van der Waals surface area contributed by atoms with Crippen LogP contribution in [0.25, 0.3) is 0 Å². The number of H-pyrrole nitrogens is 1. The molecule has 2 N–H and O–H groups in total. The Morgan fingerprint density at radius 1 is 1.50 bits per heavy atom. The van der Waals surface area contributed by atoms with Crippen molar-refractivity contribution in [3.63, 3.8) is 0 Å². The minimum absolute atomic E-state index is 0.211. The van der Waals surface area contributed by atoms with Crippen LogP contribution in [0.3, 0.4) is 0 Å². The summed E-state index contributed by atoms with van der Waals surface area (Å²) in [5.41, 5.74) is 0.126. The van der Waals surface area contributed by atoms with Crippen molar-refractivity contribution < 1.29 is 9.53 Å². The highest BCUT2D eigenvalue weighted by Crippen LogP contribution is 2.14. The number of carbonyl (C=O) groups is 1. The highest BCUT2D eigenvalue weighted by molar-refractivity contribution is 5.93. The van der Waals surface area contributed by atoms with E-state index in [0.717, 1.165) is 25.9 Å². The van der Waals surface area contributed by atoms with Crippen molar-refractivity contribution in [2.45, 2.75) is 31.8 Å². The molecule has 0 aliphatic carbocycles. The summed E-state index contributed by atoms with van der Waals surface area (Å²) in [6, 6.07) is 2.89. The fraction of sp³-hybridized carbons (Fsp3) is 0.538. The number of hydrogen-bond acceptors (Lipinski definition) is 3. The van der Waals surface area contributed by atoms with Gasteiger partial charge >= 0.3 is 0 Å². The second-order valence-corrected chi connectivity index (χ2v) is 4.47. The number of nitrogens with one attached hydrogen (secondary N) is 2. The normalized spacial score (nSPS) is 19.4. The quantitative estimate of drug-likeness (QED) is 0.839. The second kappa shape index (κ2) is 6.35. The molecule has 1 amide bonds. The van der Waals surface area contributed by atoms with Gasteiger partial charge in [-0.05, 0) is 31.7 Å². The van der Waals surface area contributed by atoms with E-state index in [1.54, 1.807) is 6.07 Å². The molecule has 1 unspecified atom stereocenters. The molecule has 0 saturated carbocycles. The van der Waals surface area contributed by atoms with Crippen LogP contribution >= 0.6 is 0 Å². The van der Waals surface area contributed by atoms with Crippen LogP contribution in [-0.4, -0.2) is 30.1 Å². The number of carbonyl (C=O) groups excluding carboxylic acids is 1. The predicted molar refractivity (Wildman–Crippen MR) is 67.6 cm³/mol. The molecule has 1 aliphatic rings. The second-order valence-electron chi connectivity index (χ2n) is 4.47. The Hall–Kier alpha value is -1.62. The van der Waals surface area contributed by atoms with Crippen LogP contribution in [0.1, 0.15) is 36.0 Å². The Morgan fingerprint density at radius 3 is 3.11 bits per heavy atom. The smallest absolute Gasteiger partial charge is 0.251 e. The predicted octanol–water partition coefficient (Wildman–Crippen LogP) is 1.06. The maximum atomic E-state index is 11.7. The van der Waals surface area contributed by atoms with E-state index < -0.39 is 0 Å². The molecule has 5 nitrogen and oxygen atoms in total. The van der Waals surface area contributed by atoms with Crippen molar-refractivity contribution >= 4 is 5.91 Å². The molecular formula is C13H18N2O3. The third-order valence-corrected chi connectivity index (χ3v) is 3.06. The third kappa shape index (κ3) is 3.70. The van der Waals surface area contributed by atoms with Gasteiger partial charge in [-0.3, -0.25) is 9.59 Å². The molecule has 18 heavy (non-hydrogen) atoms. The van der Waals surface area contributed by atoms with E-state index >= 15 is 0 Å². The van der Waals surface area contributed by atoms with Crippen LogP contribution in [0, 0.1) is 0 Å². The van der Waals surface area contributed by atoms with Crippen molar-refractivity contribution in [2.24, 2.45) is 0 Å². The van der Waals surface area contributed by atoms with Gasteiger partial charge in [0.25, 0.3) is 5.91 Å². The van der Waals surface area contributed by atoms with E-state index in [2.05, 4.69) is 10.3 Å². The van der Waals surface area contributed by atoms with Crippen molar-refractivity contribution in [2.75, 3.05) is 13.2 Å². The van der Waals surface area contributed by atoms with Crippen molar-refractivity contribution in [3.05, 3.63) is 34.2 Å². The average molecular weight is 250 g/mol. The SMILES string of the molecule is O=C(NCCC1CCCCO1)c1cc[nH]c(=O)c1. The molecule has 1 fully saturated rings. The molecule has 0 aromatic carbocycles. The number of amides is 1. The highest BCUT2D eigenvalue weighted by Gasteiger charge is 2.14. The summed E-state index contributed by atoms with van der Waals surface area (Å²) >= 11 is 0. The molecule has 98 valence electrons. The zero-order valence-electron chi connectivity index (χ0n) is 10.3. The molecule has 0 bridgehead atoms. The van der Waals surface area contributed by atoms with Gasteiger partial charge in [-0.25, -0.2) is 0 Å². The van der Waals surface area contributed by atoms with Crippen LogP contribution in [-0.2, 0) is 4.74 Å². The maximum absolute atomic E-state index is 11.7. The summed E-state index contributed by atoms with van der Waals surface area (Å²) in [5, 5.41) is 2.80. The van der Waals surface area contributed by atoms with Crippen molar-refractivity contribution in [3.8, 4) is 0 Å². The number of hydrogen-bond donors (Lipinski definition) is 2. The van der Waals surface area contributed by atoms with E-state index in [1.165, 1.54) is 18.7 Å². The van der Waals surface area contributed by atoms with E-state index in [-0.39, 0.29) is 17.6 Å². The minimum atomic E-state index is -0.265. The number of rotatable bonds is 4. The van der Waals surface area contributed by atoms with Crippen LogP contribution in [0.15, 0.2) is 23.1 Å². The first kappa shape index (κ1) is 12.8. The summed E-state index contributed by atoms with van der Waals surface area (Å²) in [6.07, 6.45) is 5.97. The van der Waals surface area contributed by atoms with Gasteiger partial charge < -0.3 is 15.0 Å². The van der Waals surface area contributed by atoms with Crippen molar-refractivity contribution in [1.29, 1.82) is 0 Å². The molecule has 1 aromatic rings. The number of pyridine rings is 1. The first-order valence-corrected chi connectivity index (χ1v) is 6.34. The first-order chi connectivity index (χ1) is 8.75. The Balaban J connectivity index is 1.76. The third-order valence-electron chi connectivity index (χ3n) is 3.06. The number of aromatic nitrogens is 1. The topological polar surface area (TPSA) is 71.2 Å². The Kier molecular flexibility index (Phi) is 4.52. The van der Waals surface area contributed by atoms with E-state index in [1.807, 2.05) is 0 Å². The maximum Gasteiger partial charge on any atom is 0.251 e. The minimum Gasteiger partial charge on any atom is -0.378 e. The lowest BCUT2D eigenvalue weighted by molar-refractivity contribution is 0.0117. The fourth-order valence-electron chi connectivity index (χ4n) is 2.07. The molecule has 5 heteroatoms. The molecule has 1 aliphatic heterocycles. The van der Waals surface area contributed by atoms with Gasteiger partial charge in [0.15, 0.2) is 0 Å². The molecule has 2 heterocycles. The zero-order chi connectivity index (χ0) is 12.8. The van der Waals surface area contributed by atoms with Gasteiger partial charge in [-0.2, -0.15) is 0 Å². The lowest BCUT2D eigenvalue weighted by Gasteiger charge is -2.22. The van der Waals surface area contributed by atoms with Gasteiger partial charge in [0.2, 0.25) is 5.56 Å². The number of ether oxygens (including phenoxy) is 1. The monoisotopic (exact) mass is 250 g/mol. The summed E-state index contributed by atoms with van der Waals surface area (Å²) in [5.74, 6) is -0.211. The van der Waals surface area contributed by atoms with E-state index in [4.69, 9.17) is 4.74 Å². The molecule has 1 atom stereocenters. The summed E-state index contributed by atoms with van der Waals surface area (Å²) < 4.78 is 5.58. The van der Waals surface area contributed by atoms with Gasteiger partial charge in [-0.15, -0.1) is 0 Å². The van der Waals surface area contributed by atoms with Gasteiger partial charge in [-0.1, -0.05) is 0 Å². The molecule has 0 radical (unpaired) electrons. The van der Waals surface area contributed by atoms with Gasteiger partial charge in [0, 0.05) is 31.0 Å². The molecule has 0 spiro atoms. The molecular weight excluding hydrogens is 232 g/mol. The molecule has 2 rings (SSSR count). The van der Waals surface area contributed by atoms with Crippen molar-refractivity contribution in [1.82, 2.24) is 10.3 Å². The fourth-order valence-corrected chi connectivity index (χ4v) is 2.07. The summed E-state index contributed by atoms with van der Waals surface area (Å²) in [7, 11) is 0. The van der Waals surface area contributed by atoms with Crippen LogP contribution in [0.2, 0.25) is 0 Å². The van der Waals surface area contributed by atoms with Crippen LogP contribution in [0.5, 0.6) is 0 Å². The molecule has 1 aromatic heterocycles. The lowest BCUT2D eigenvalue weighted by Crippen LogP contribution is -2.30. The van der Waals surface area contributed by atoms with Crippen LogP contribution in [0.4, 0.5) is 0 Å². The van der Waals surface area contributed by atoms with Gasteiger partial charge in [0.1, 0.15) is 0 Å². The highest BCUT2D eigenvalue weighted by atomic mass is 16.5. The zero-order valence-corrected chi connectivity index (χ0v) is 10.3. The molecule has 1 saturated heterocycles.